The molecule has 84 valence electrons. The molecule has 2 heterocycles. The second-order valence-electron chi connectivity index (χ2n) is 3.36. The number of anilines is 1. The quantitative estimate of drug-likeness (QED) is 0.848. The molecule has 0 aliphatic heterocycles. The molecule has 0 radical (unpaired) electrons. The molecule has 0 atom stereocenters. The van der Waals surface area contributed by atoms with Crippen molar-refractivity contribution in [3.63, 3.8) is 0 Å². The first-order chi connectivity index (χ1) is 7.86. The van der Waals surface area contributed by atoms with Gasteiger partial charge in [0.1, 0.15) is 0 Å². The third kappa shape index (κ3) is 1.88. The van der Waals surface area contributed by atoms with Crippen LogP contribution in [0.4, 0.5) is 5.95 Å². The van der Waals surface area contributed by atoms with Crippen LogP contribution in [0.15, 0.2) is 24.5 Å². The summed E-state index contributed by atoms with van der Waals surface area (Å²) in [6.07, 6.45) is 3.52. The fourth-order valence-corrected chi connectivity index (χ4v) is 1.61. The van der Waals surface area contributed by atoms with E-state index < -0.39 is 0 Å². The molecular weight excluding hydrogens is 202 g/mol. The van der Waals surface area contributed by atoms with Gasteiger partial charge in [0.05, 0.1) is 0 Å². The zero-order valence-electron chi connectivity index (χ0n) is 9.51. The summed E-state index contributed by atoms with van der Waals surface area (Å²) in [5.41, 5.74) is 1.04. The molecule has 0 aliphatic rings. The Bertz CT molecular complexity index is 449. The van der Waals surface area contributed by atoms with Crippen LogP contribution in [0.5, 0.6) is 0 Å². The Labute approximate surface area is 94.5 Å². The van der Waals surface area contributed by atoms with E-state index in [-0.39, 0.29) is 0 Å². The molecule has 2 aromatic heterocycles. The van der Waals surface area contributed by atoms with Crippen LogP contribution in [0.25, 0.3) is 11.4 Å². The topological polar surface area (TPSA) is 55.6 Å². The van der Waals surface area contributed by atoms with Crippen molar-refractivity contribution in [3.8, 4) is 11.4 Å². The predicted molar refractivity (Wildman–Crippen MR) is 63.1 cm³/mol. The molecule has 2 rings (SSSR count). The Morgan fingerprint density at radius 2 is 1.94 bits per heavy atom. The molecule has 0 unspecified atom stereocenters. The van der Waals surface area contributed by atoms with Crippen molar-refractivity contribution in [3.05, 3.63) is 24.5 Å². The maximum atomic E-state index is 4.20. The minimum Gasteiger partial charge on any atom is -0.355 e. The van der Waals surface area contributed by atoms with Crippen LogP contribution in [-0.4, -0.2) is 26.3 Å². The average Bonchev–Trinajstić information content (AvgIpc) is 2.73. The molecule has 0 fully saturated rings. The Morgan fingerprint density at radius 3 is 2.56 bits per heavy atom. The summed E-state index contributed by atoms with van der Waals surface area (Å²) in [5, 5.41) is 11.5. The van der Waals surface area contributed by atoms with Crippen molar-refractivity contribution < 1.29 is 0 Å². The van der Waals surface area contributed by atoms with Gasteiger partial charge in [-0.1, -0.05) is 0 Å². The summed E-state index contributed by atoms with van der Waals surface area (Å²) in [4.78, 5) is 4.00. The summed E-state index contributed by atoms with van der Waals surface area (Å²) in [6.45, 7) is 5.80. The Morgan fingerprint density at radius 1 is 1.19 bits per heavy atom. The smallest absolute Gasteiger partial charge is 0.224 e. The van der Waals surface area contributed by atoms with E-state index in [0.717, 1.165) is 30.4 Å². The second kappa shape index (κ2) is 4.74. The van der Waals surface area contributed by atoms with Gasteiger partial charge in [-0.3, -0.25) is 9.55 Å². The summed E-state index contributed by atoms with van der Waals surface area (Å²) < 4.78 is 2.05. The van der Waals surface area contributed by atoms with Crippen molar-refractivity contribution in [2.24, 2.45) is 0 Å². The predicted octanol–water partition coefficient (Wildman–Crippen LogP) is 1.79. The van der Waals surface area contributed by atoms with Gasteiger partial charge in [-0.15, -0.1) is 10.2 Å². The second-order valence-corrected chi connectivity index (χ2v) is 3.36. The van der Waals surface area contributed by atoms with Crippen molar-refractivity contribution in [1.29, 1.82) is 0 Å². The molecule has 5 heteroatoms. The molecule has 2 aromatic rings. The monoisotopic (exact) mass is 217 g/mol. The van der Waals surface area contributed by atoms with E-state index in [4.69, 9.17) is 0 Å². The summed E-state index contributed by atoms with van der Waals surface area (Å²) in [6, 6.07) is 3.87. The first kappa shape index (κ1) is 10.6. The van der Waals surface area contributed by atoms with Crippen LogP contribution in [0.1, 0.15) is 13.8 Å². The fraction of sp³-hybridized carbons (Fsp3) is 0.364. The largest absolute Gasteiger partial charge is 0.355 e. The molecule has 0 bridgehead atoms. The Kier molecular flexibility index (Phi) is 3.14. The lowest BCUT2D eigenvalue weighted by Crippen LogP contribution is -2.06. The van der Waals surface area contributed by atoms with E-state index in [9.17, 15) is 0 Å². The summed E-state index contributed by atoms with van der Waals surface area (Å²) >= 11 is 0. The summed E-state index contributed by atoms with van der Waals surface area (Å²) in [5.74, 6) is 1.69. The van der Waals surface area contributed by atoms with E-state index in [1.807, 2.05) is 19.1 Å². The van der Waals surface area contributed by atoms with Crippen molar-refractivity contribution in [2.45, 2.75) is 20.4 Å². The Hall–Kier alpha value is -1.91. The minimum absolute atomic E-state index is 0.816. The number of nitrogens with one attached hydrogen (secondary N) is 1. The van der Waals surface area contributed by atoms with Crippen molar-refractivity contribution >= 4 is 5.95 Å². The van der Waals surface area contributed by atoms with E-state index in [2.05, 4.69) is 32.0 Å². The van der Waals surface area contributed by atoms with Crippen LogP contribution >= 0.6 is 0 Å². The van der Waals surface area contributed by atoms with E-state index >= 15 is 0 Å². The number of hydrogen-bond donors (Lipinski definition) is 1. The molecule has 0 amide bonds. The molecule has 16 heavy (non-hydrogen) atoms. The molecular formula is C11H15N5. The number of hydrogen-bond acceptors (Lipinski definition) is 4. The minimum atomic E-state index is 0.816. The van der Waals surface area contributed by atoms with Crippen molar-refractivity contribution in [2.75, 3.05) is 11.9 Å². The number of pyridine rings is 1. The van der Waals surface area contributed by atoms with E-state index in [1.165, 1.54) is 0 Å². The number of nitrogens with zero attached hydrogens (tertiary/aromatic N) is 4. The fourth-order valence-electron chi connectivity index (χ4n) is 1.61. The van der Waals surface area contributed by atoms with Crippen LogP contribution in [0.2, 0.25) is 0 Å². The van der Waals surface area contributed by atoms with Gasteiger partial charge in [-0.05, 0) is 26.0 Å². The number of aromatic nitrogens is 4. The van der Waals surface area contributed by atoms with Gasteiger partial charge >= 0.3 is 0 Å². The lowest BCUT2D eigenvalue weighted by molar-refractivity contribution is 0.770. The molecule has 5 nitrogen and oxygen atoms in total. The highest BCUT2D eigenvalue weighted by molar-refractivity contribution is 5.56. The van der Waals surface area contributed by atoms with Gasteiger partial charge in [0.2, 0.25) is 5.95 Å². The Balaban J connectivity index is 2.42. The maximum Gasteiger partial charge on any atom is 0.224 e. The average molecular weight is 217 g/mol. The highest BCUT2D eigenvalue weighted by atomic mass is 15.3. The van der Waals surface area contributed by atoms with E-state index in [0.29, 0.717) is 0 Å². The first-order valence-electron chi connectivity index (χ1n) is 5.44. The zero-order valence-corrected chi connectivity index (χ0v) is 9.51. The van der Waals surface area contributed by atoms with Gasteiger partial charge in [-0.2, -0.15) is 0 Å². The third-order valence-corrected chi connectivity index (χ3v) is 2.34. The third-order valence-electron chi connectivity index (χ3n) is 2.34. The molecule has 0 saturated carbocycles. The van der Waals surface area contributed by atoms with Gasteiger partial charge in [0.15, 0.2) is 5.82 Å². The molecule has 0 aliphatic carbocycles. The van der Waals surface area contributed by atoms with Gasteiger partial charge in [-0.25, -0.2) is 0 Å². The highest BCUT2D eigenvalue weighted by Crippen LogP contribution is 2.19. The van der Waals surface area contributed by atoms with Gasteiger partial charge in [0.25, 0.3) is 0 Å². The zero-order chi connectivity index (χ0) is 11.4. The molecule has 0 aromatic carbocycles. The molecule has 0 saturated heterocycles. The first-order valence-corrected chi connectivity index (χ1v) is 5.44. The molecule has 0 spiro atoms. The number of rotatable bonds is 4. The van der Waals surface area contributed by atoms with Crippen LogP contribution in [0, 0.1) is 0 Å². The maximum absolute atomic E-state index is 4.20. The van der Waals surface area contributed by atoms with Crippen molar-refractivity contribution in [1.82, 2.24) is 19.7 Å². The van der Waals surface area contributed by atoms with Gasteiger partial charge < -0.3 is 5.32 Å². The van der Waals surface area contributed by atoms with Crippen LogP contribution < -0.4 is 5.32 Å². The van der Waals surface area contributed by atoms with E-state index in [1.54, 1.807) is 12.4 Å². The lowest BCUT2D eigenvalue weighted by Gasteiger charge is -2.07. The van der Waals surface area contributed by atoms with Crippen LogP contribution in [-0.2, 0) is 6.54 Å². The lowest BCUT2D eigenvalue weighted by atomic mass is 10.2. The normalized spacial score (nSPS) is 10.4. The highest BCUT2D eigenvalue weighted by Gasteiger charge is 2.10. The standard InChI is InChI=1S/C11H15N5/c1-3-13-11-15-14-10(16(11)4-2)9-5-7-12-8-6-9/h5-8H,3-4H2,1-2H3,(H,13,15). The summed E-state index contributed by atoms with van der Waals surface area (Å²) in [7, 11) is 0. The van der Waals surface area contributed by atoms with Gasteiger partial charge in [0, 0.05) is 31.0 Å². The molecule has 1 N–H and O–H groups in total. The SMILES string of the molecule is CCNc1nnc(-c2ccncc2)n1CC. The van der Waals surface area contributed by atoms with Crippen LogP contribution in [0.3, 0.4) is 0 Å².